The normalized spacial score (nSPS) is 12.8. The van der Waals surface area contributed by atoms with E-state index in [2.05, 4.69) is 21.2 Å². The van der Waals surface area contributed by atoms with Crippen LogP contribution in [0.15, 0.2) is 46.9 Å². The van der Waals surface area contributed by atoms with E-state index in [0.29, 0.717) is 4.47 Å². The summed E-state index contributed by atoms with van der Waals surface area (Å²) in [4.78, 5) is 12.1. The van der Waals surface area contributed by atoms with Crippen LogP contribution in [0.2, 0.25) is 5.02 Å². The Labute approximate surface area is 149 Å². The van der Waals surface area contributed by atoms with Gasteiger partial charge < -0.3 is 10.4 Å². The molecule has 2 aromatic rings. The number of carbonyl (C=O) groups excluding carboxylic acids is 1. The van der Waals surface area contributed by atoms with Crippen molar-refractivity contribution in [3.8, 4) is 0 Å². The monoisotopic (exact) mass is 421 g/mol. The van der Waals surface area contributed by atoms with Crippen LogP contribution >= 0.6 is 27.5 Å². The van der Waals surface area contributed by atoms with Crippen molar-refractivity contribution in [2.24, 2.45) is 0 Å². The zero-order valence-electron chi connectivity index (χ0n) is 12.1. The molecule has 0 spiro atoms. The first-order valence-corrected chi connectivity index (χ1v) is 7.94. The van der Waals surface area contributed by atoms with Gasteiger partial charge in [-0.1, -0.05) is 45.7 Å². The third kappa shape index (κ3) is 4.49. The van der Waals surface area contributed by atoms with Gasteiger partial charge in [0.15, 0.2) is 0 Å². The molecular formula is C16H12BrClF3NO2. The van der Waals surface area contributed by atoms with Crippen LogP contribution in [0.5, 0.6) is 0 Å². The molecule has 0 aliphatic rings. The minimum absolute atomic E-state index is 0.163. The van der Waals surface area contributed by atoms with Gasteiger partial charge in [-0.25, -0.2) is 0 Å². The molecule has 0 aromatic heterocycles. The van der Waals surface area contributed by atoms with Gasteiger partial charge in [0.1, 0.15) is 0 Å². The first kappa shape index (κ1) is 18.8. The molecule has 128 valence electrons. The molecule has 2 aromatic carbocycles. The fourth-order valence-electron chi connectivity index (χ4n) is 2.11. The molecule has 0 fully saturated rings. The molecular weight excluding hydrogens is 411 g/mol. The van der Waals surface area contributed by atoms with Gasteiger partial charge in [-0.2, -0.15) is 13.2 Å². The Morgan fingerprint density at radius 3 is 2.54 bits per heavy atom. The fourth-order valence-corrected chi connectivity index (χ4v) is 2.87. The summed E-state index contributed by atoms with van der Waals surface area (Å²) in [7, 11) is 0. The number of amides is 1. The van der Waals surface area contributed by atoms with E-state index in [1.54, 1.807) is 6.07 Å². The van der Waals surface area contributed by atoms with E-state index in [-0.39, 0.29) is 22.7 Å². The summed E-state index contributed by atoms with van der Waals surface area (Å²) in [6, 6.07) is 9.28. The van der Waals surface area contributed by atoms with Gasteiger partial charge in [-0.3, -0.25) is 4.79 Å². The van der Waals surface area contributed by atoms with E-state index in [9.17, 15) is 23.1 Å². The Morgan fingerprint density at radius 2 is 1.92 bits per heavy atom. The predicted molar refractivity (Wildman–Crippen MR) is 87.9 cm³/mol. The van der Waals surface area contributed by atoms with E-state index in [4.69, 9.17) is 11.6 Å². The molecule has 1 unspecified atom stereocenters. The van der Waals surface area contributed by atoms with E-state index in [0.717, 1.165) is 6.07 Å². The lowest BCUT2D eigenvalue weighted by molar-refractivity contribution is -0.139. The van der Waals surface area contributed by atoms with Crippen molar-refractivity contribution in [3.05, 3.63) is 68.7 Å². The molecule has 3 nitrogen and oxygen atoms in total. The summed E-state index contributed by atoms with van der Waals surface area (Å²) in [5.41, 5.74) is -1.07. The van der Waals surface area contributed by atoms with Crippen LogP contribution in [-0.4, -0.2) is 17.6 Å². The highest BCUT2D eigenvalue weighted by Crippen LogP contribution is 2.34. The average molecular weight is 423 g/mol. The van der Waals surface area contributed by atoms with Crippen molar-refractivity contribution in [1.29, 1.82) is 0 Å². The molecule has 2 rings (SSSR count). The van der Waals surface area contributed by atoms with Crippen molar-refractivity contribution in [3.63, 3.8) is 0 Å². The Bertz CT molecular complexity index is 752. The maximum Gasteiger partial charge on any atom is 0.416 e. The highest BCUT2D eigenvalue weighted by Gasteiger charge is 2.34. The van der Waals surface area contributed by atoms with Crippen LogP contribution in [-0.2, 0) is 6.18 Å². The highest BCUT2D eigenvalue weighted by atomic mass is 79.9. The molecule has 0 aliphatic carbocycles. The summed E-state index contributed by atoms with van der Waals surface area (Å²) >= 11 is 9.14. The van der Waals surface area contributed by atoms with Crippen molar-refractivity contribution < 1.29 is 23.1 Å². The Morgan fingerprint density at radius 1 is 1.25 bits per heavy atom. The minimum Gasteiger partial charge on any atom is -0.387 e. The fraction of sp³-hybridized carbons (Fsp3) is 0.188. The van der Waals surface area contributed by atoms with Crippen molar-refractivity contribution in [2.75, 3.05) is 6.54 Å². The van der Waals surface area contributed by atoms with Crippen LogP contribution < -0.4 is 5.32 Å². The molecule has 2 N–H and O–H groups in total. The van der Waals surface area contributed by atoms with Crippen LogP contribution in [0, 0.1) is 0 Å². The number of alkyl halides is 3. The lowest BCUT2D eigenvalue weighted by atomic mass is 10.0. The molecule has 1 atom stereocenters. The Balaban J connectivity index is 2.11. The first-order chi connectivity index (χ1) is 11.2. The van der Waals surface area contributed by atoms with Crippen LogP contribution in [0.1, 0.15) is 27.6 Å². The number of carbonyl (C=O) groups is 1. The van der Waals surface area contributed by atoms with Crippen LogP contribution in [0.3, 0.4) is 0 Å². The summed E-state index contributed by atoms with van der Waals surface area (Å²) in [5.74, 6) is -0.587. The Hall–Kier alpha value is -1.57. The highest BCUT2D eigenvalue weighted by molar-refractivity contribution is 9.10. The molecule has 0 saturated heterocycles. The van der Waals surface area contributed by atoms with Crippen molar-refractivity contribution >= 4 is 33.4 Å². The number of aliphatic hydroxyl groups excluding tert-OH is 1. The van der Waals surface area contributed by atoms with Crippen LogP contribution in [0.4, 0.5) is 13.2 Å². The molecule has 1 amide bonds. The van der Waals surface area contributed by atoms with E-state index in [1.807, 2.05) is 0 Å². The van der Waals surface area contributed by atoms with Gasteiger partial charge in [-0.15, -0.1) is 0 Å². The standard InChI is InChI=1S/C16H12BrClF3NO2/c17-9-5-6-11(13(18)7-9)15(24)22-8-14(23)10-3-1-2-4-12(10)16(19,20)21/h1-7,14,23H,8H2,(H,22,24). The molecule has 0 heterocycles. The zero-order valence-corrected chi connectivity index (χ0v) is 14.4. The molecule has 8 heteroatoms. The maximum absolute atomic E-state index is 12.9. The number of halogens is 5. The summed E-state index contributed by atoms with van der Waals surface area (Å²) in [6.45, 7) is -0.377. The lowest BCUT2D eigenvalue weighted by Gasteiger charge is -2.18. The molecule has 24 heavy (non-hydrogen) atoms. The number of aliphatic hydroxyl groups is 1. The first-order valence-electron chi connectivity index (χ1n) is 6.77. The molecule has 0 radical (unpaired) electrons. The van der Waals surface area contributed by atoms with Crippen LogP contribution in [0.25, 0.3) is 0 Å². The smallest absolute Gasteiger partial charge is 0.387 e. The van der Waals surface area contributed by atoms with Gasteiger partial charge in [-0.05, 0) is 29.8 Å². The van der Waals surface area contributed by atoms with E-state index < -0.39 is 23.8 Å². The summed E-state index contributed by atoms with van der Waals surface area (Å²) < 4.78 is 39.5. The second-order valence-electron chi connectivity index (χ2n) is 4.94. The number of rotatable bonds is 4. The molecule has 0 saturated carbocycles. The van der Waals surface area contributed by atoms with Crippen molar-refractivity contribution in [2.45, 2.75) is 12.3 Å². The van der Waals surface area contributed by atoms with E-state index >= 15 is 0 Å². The second-order valence-corrected chi connectivity index (χ2v) is 6.26. The quantitative estimate of drug-likeness (QED) is 0.757. The zero-order chi connectivity index (χ0) is 17.9. The number of hydrogen-bond donors (Lipinski definition) is 2. The van der Waals surface area contributed by atoms with Gasteiger partial charge in [0, 0.05) is 11.0 Å². The maximum atomic E-state index is 12.9. The lowest BCUT2D eigenvalue weighted by Crippen LogP contribution is -2.29. The van der Waals surface area contributed by atoms with E-state index in [1.165, 1.54) is 30.3 Å². The van der Waals surface area contributed by atoms with Gasteiger partial charge in [0.25, 0.3) is 5.91 Å². The molecule has 0 bridgehead atoms. The topological polar surface area (TPSA) is 49.3 Å². The predicted octanol–water partition coefficient (Wildman–Crippen LogP) is 4.58. The van der Waals surface area contributed by atoms with Gasteiger partial charge in [0.05, 0.1) is 22.3 Å². The summed E-state index contributed by atoms with van der Waals surface area (Å²) in [6.07, 6.45) is -6.09. The average Bonchev–Trinajstić information content (AvgIpc) is 2.51. The third-order valence-corrected chi connectivity index (χ3v) is 4.06. The minimum atomic E-state index is -4.59. The second kappa shape index (κ2) is 7.55. The van der Waals surface area contributed by atoms with Crippen molar-refractivity contribution in [1.82, 2.24) is 5.32 Å². The third-order valence-electron chi connectivity index (χ3n) is 3.26. The number of hydrogen-bond acceptors (Lipinski definition) is 2. The number of benzene rings is 2. The van der Waals surface area contributed by atoms with Gasteiger partial charge in [0.2, 0.25) is 0 Å². The molecule has 0 aliphatic heterocycles. The van der Waals surface area contributed by atoms with Gasteiger partial charge >= 0.3 is 6.18 Å². The number of nitrogens with one attached hydrogen (secondary N) is 1. The SMILES string of the molecule is O=C(NCC(O)c1ccccc1C(F)(F)F)c1ccc(Br)cc1Cl. The summed E-state index contributed by atoms with van der Waals surface area (Å²) in [5, 5.41) is 12.6. The Kier molecular flexibility index (Phi) is 5.90. The largest absolute Gasteiger partial charge is 0.416 e.